The van der Waals surface area contributed by atoms with Crippen molar-refractivity contribution in [3.8, 4) is 0 Å². The van der Waals surface area contributed by atoms with E-state index in [1.54, 1.807) is 22.4 Å². The van der Waals surface area contributed by atoms with Gasteiger partial charge >= 0.3 is 0 Å². The van der Waals surface area contributed by atoms with E-state index in [-0.39, 0.29) is 23.8 Å². The molecule has 0 bridgehead atoms. The summed E-state index contributed by atoms with van der Waals surface area (Å²) in [7, 11) is -3.49. The van der Waals surface area contributed by atoms with Crippen molar-refractivity contribution in [2.45, 2.75) is 42.4 Å². The molecule has 3 heterocycles. The molecule has 1 aromatic heterocycles. The van der Waals surface area contributed by atoms with E-state index in [2.05, 4.69) is 10.0 Å². The van der Waals surface area contributed by atoms with Crippen molar-refractivity contribution in [3.63, 3.8) is 0 Å². The summed E-state index contributed by atoms with van der Waals surface area (Å²) in [5, 5.41) is 4.66. The van der Waals surface area contributed by atoms with Gasteiger partial charge in [0.1, 0.15) is 4.21 Å². The van der Waals surface area contributed by atoms with Crippen molar-refractivity contribution in [1.29, 1.82) is 0 Å². The molecule has 4 rings (SSSR count). The highest BCUT2D eigenvalue weighted by atomic mass is 32.2. The van der Waals surface area contributed by atoms with Gasteiger partial charge in [-0.3, -0.25) is 9.59 Å². The number of carbonyl (C=O) groups excluding carboxylic acids is 2. The number of benzene rings is 1. The molecule has 0 spiro atoms. The number of sulfonamides is 1. The van der Waals surface area contributed by atoms with E-state index in [1.807, 2.05) is 24.3 Å². The average molecular weight is 448 g/mol. The molecule has 2 aromatic rings. The predicted molar refractivity (Wildman–Crippen MR) is 116 cm³/mol. The monoisotopic (exact) mass is 447 g/mol. The Bertz CT molecular complexity index is 1010. The van der Waals surface area contributed by atoms with Crippen molar-refractivity contribution in [3.05, 3.63) is 47.3 Å². The molecule has 2 aliphatic heterocycles. The third-order valence-electron chi connectivity index (χ3n) is 5.75. The maximum atomic E-state index is 12.6. The molecule has 2 N–H and O–H groups in total. The first-order valence-corrected chi connectivity index (χ1v) is 12.5. The Hall–Kier alpha value is -2.23. The Morgan fingerprint density at radius 2 is 1.93 bits per heavy atom. The fourth-order valence-electron chi connectivity index (χ4n) is 4.04. The molecular weight excluding hydrogens is 422 g/mol. The number of hydrogen-bond acceptors (Lipinski definition) is 5. The highest BCUT2D eigenvalue weighted by Gasteiger charge is 2.29. The van der Waals surface area contributed by atoms with Crippen LogP contribution >= 0.6 is 11.3 Å². The summed E-state index contributed by atoms with van der Waals surface area (Å²) < 4.78 is 27.8. The molecule has 1 saturated heterocycles. The van der Waals surface area contributed by atoms with E-state index in [0.717, 1.165) is 11.3 Å². The minimum absolute atomic E-state index is 0.0248. The number of rotatable bonds is 6. The van der Waals surface area contributed by atoms with Crippen molar-refractivity contribution < 1.29 is 18.0 Å². The number of carbonyl (C=O) groups is 2. The van der Waals surface area contributed by atoms with Crippen molar-refractivity contribution in [1.82, 2.24) is 9.62 Å². The van der Waals surface area contributed by atoms with E-state index in [4.69, 9.17) is 0 Å². The highest BCUT2D eigenvalue weighted by Crippen LogP contribution is 2.28. The standard InChI is InChI=1S/C21H25N3O4S2/c25-19(8-7-16-14-15-4-1-2-5-18(15)22-21(16)26)24-11-9-17(10-12-24)23-30(27,28)20-6-3-13-29-20/h1-6,13,16-17,23H,7-12,14H2,(H,22,26)/t16-/m1/s1. The first-order chi connectivity index (χ1) is 14.4. The van der Waals surface area contributed by atoms with E-state index in [0.29, 0.717) is 49.4 Å². The largest absolute Gasteiger partial charge is 0.343 e. The molecule has 0 saturated carbocycles. The second-order valence-electron chi connectivity index (χ2n) is 7.79. The number of anilines is 1. The van der Waals surface area contributed by atoms with Crippen LogP contribution in [0.2, 0.25) is 0 Å². The van der Waals surface area contributed by atoms with Crippen LogP contribution < -0.4 is 10.0 Å². The molecule has 0 radical (unpaired) electrons. The third-order valence-corrected chi connectivity index (χ3v) is 8.67. The van der Waals surface area contributed by atoms with Gasteiger partial charge in [-0.05, 0) is 48.8 Å². The zero-order chi connectivity index (χ0) is 21.1. The molecular formula is C21H25N3O4S2. The van der Waals surface area contributed by atoms with Crippen LogP contribution in [0.5, 0.6) is 0 Å². The van der Waals surface area contributed by atoms with Crippen LogP contribution in [-0.2, 0) is 26.0 Å². The van der Waals surface area contributed by atoms with Gasteiger partial charge < -0.3 is 10.2 Å². The number of para-hydroxylation sites is 1. The first-order valence-electron chi connectivity index (χ1n) is 10.1. The lowest BCUT2D eigenvalue weighted by atomic mass is 9.89. The second-order valence-corrected chi connectivity index (χ2v) is 10.7. The molecule has 160 valence electrons. The summed E-state index contributed by atoms with van der Waals surface area (Å²) in [6.45, 7) is 1.05. The molecule has 1 aromatic carbocycles. The molecule has 0 unspecified atom stereocenters. The Kier molecular flexibility index (Phi) is 6.21. The molecule has 1 fully saturated rings. The molecule has 2 aliphatic rings. The number of nitrogens with zero attached hydrogens (tertiary/aromatic N) is 1. The summed E-state index contributed by atoms with van der Waals surface area (Å²) in [6, 6.07) is 10.9. The van der Waals surface area contributed by atoms with Crippen LogP contribution in [0.3, 0.4) is 0 Å². The van der Waals surface area contributed by atoms with Crippen molar-refractivity contribution >= 4 is 38.9 Å². The zero-order valence-corrected chi connectivity index (χ0v) is 18.2. The summed E-state index contributed by atoms with van der Waals surface area (Å²) in [5.74, 6) is -0.191. The number of piperidine rings is 1. The van der Waals surface area contributed by atoms with Gasteiger partial charge in [0.25, 0.3) is 0 Å². The molecule has 1 atom stereocenters. The minimum Gasteiger partial charge on any atom is -0.343 e. The van der Waals surface area contributed by atoms with Gasteiger partial charge in [0.05, 0.1) is 0 Å². The Balaban J connectivity index is 1.25. The topological polar surface area (TPSA) is 95.6 Å². The summed E-state index contributed by atoms with van der Waals surface area (Å²) >= 11 is 1.19. The van der Waals surface area contributed by atoms with Gasteiger partial charge in [0, 0.05) is 37.2 Å². The average Bonchev–Trinajstić information content (AvgIpc) is 3.28. The van der Waals surface area contributed by atoms with Crippen LogP contribution in [-0.4, -0.2) is 44.3 Å². The quantitative estimate of drug-likeness (QED) is 0.712. The summed E-state index contributed by atoms with van der Waals surface area (Å²) in [4.78, 5) is 26.7. The van der Waals surface area contributed by atoms with Crippen LogP contribution in [0.1, 0.15) is 31.2 Å². The number of hydrogen-bond donors (Lipinski definition) is 2. The molecule has 0 aliphatic carbocycles. The highest BCUT2D eigenvalue weighted by molar-refractivity contribution is 7.91. The van der Waals surface area contributed by atoms with Crippen molar-refractivity contribution in [2.24, 2.45) is 5.92 Å². The second kappa shape index (κ2) is 8.87. The molecule has 9 heteroatoms. The predicted octanol–water partition coefficient (Wildman–Crippen LogP) is 2.61. The number of likely N-dealkylation sites (tertiary alicyclic amines) is 1. The molecule has 7 nitrogen and oxygen atoms in total. The number of thiophene rings is 1. The van der Waals surface area contributed by atoms with E-state index in [1.165, 1.54) is 11.3 Å². The van der Waals surface area contributed by atoms with Crippen LogP contribution in [0, 0.1) is 5.92 Å². The van der Waals surface area contributed by atoms with Gasteiger partial charge in [-0.25, -0.2) is 13.1 Å². The maximum absolute atomic E-state index is 12.6. The van der Waals surface area contributed by atoms with Gasteiger partial charge in [-0.1, -0.05) is 24.3 Å². The van der Waals surface area contributed by atoms with Crippen LogP contribution in [0.25, 0.3) is 0 Å². The first kappa shape index (κ1) is 21.0. The minimum atomic E-state index is -3.49. The maximum Gasteiger partial charge on any atom is 0.250 e. The van der Waals surface area contributed by atoms with Crippen molar-refractivity contribution in [2.75, 3.05) is 18.4 Å². The fourth-order valence-corrected chi connectivity index (χ4v) is 6.36. The lowest BCUT2D eigenvalue weighted by molar-refractivity contribution is -0.132. The number of nitrogens with one attached hydrogen (secondary N) is 2. The molecule has 30 heavy (non-hydrogen) atoms. The lowest BCUT2D eigenvalue weighted by Gasteiger charge is -2.32. The Morgan fingerprint density at radius 3 is 2.67 bits per heavy atom. The smallest absolute Gasteiger partial charge is 0.250 e. The fraction of sp³-hybridized carbons (Fsp3) is 0.429. The van der Waals surface area contributed by atoms with E-state index >= 15 is 0 Å². The van der Waals surface area contributed by atoms with Gasteiger partial charge in [-0.2, -0.15) is 0 Å². The Morgan fingerprint density at radius 1 is 1.17 bits per heavy atom. The zero-order valence-electron chi connectivity index (χ0n) is 16.5. The summed E-state index contributed by atoms with van der Waals surface area (Å²) in [6.07, 6.45) is 2.68. The third kappa shape index (κ3) is 4.74. The van der Waals surface area contributed by atoms with E-state index in [9.17, 15) is 18.0 Å². The van der Waals surface area contributed by atoms with Crippen LogP contribution in [0.15, 0.2) is 46.0 Å². The number of amides is 2. The van der Waals surface area contributed by atoms with Crippen LogP contribution in [0.4, 0.5) is 5.69 Å². The lowest BCUT2D eigenvalue weighted by Crippen LogP contribution is -2.46. The Labute approximate surface area is 180 Å². The SMILES string of the molecule is O=C1Nc2ccccc2C[C@H]1CCC(=O)N1CCC(NS(=O)(=O)c2cccs2)CC1. The normalized spacial score (nSPS) is 19.9. The van der Waals surface area contributed by atoms with Gasteiger partial charge in [0.2, 0.25) is 21.8 Å². The number of fused-ring (bicyclic) bond motifs is 1. The van der Waals surface area contributed by atoms with Gasteiger partial charge in [0.15, 0.2) is 0 Å². The summed E-state index contributed by atoms with van der Waals surface area (Å²) in [5.41, 5.74) is 1.96. The van der Waals surface area contributed by atoms with E-state index < -0.39 is 10.0 Å². The van der Waals surface area contributed by atoms with Gasteiger partial charge in [-0.15, -0.1) is 11.3 Å². The molecule has 2 amide bonds.